The van der Waals surface area contributed by atoms with E-state index in [9.17, 15) is 4.39 Å². The lowest BCUT2D eigenvalue weighted by molar-refractivity contribution is 0.324. The third kappa shape index (κ3) is 2.25. The van der Waals surface area contributed by atoms with E-state index < -0.39 is 3.66 Å². The summed E-state index contributed by atoms with van der Waals surface area (Å²) in [5, 5.41) is 0. The van der Waals surface area contributed by atoms with Gasteiger partial charge in [-0.25, -0.2) is 4.39 Å². The lowest BCUT2D eigenvalue weighted by Crippen LogP contribution is -2.37. The molecule has 2 bridgehead atoms. The highest BCUT2D eigenvalue weighted by Crippen LogP contribution is 2.49. The van der Waals surface area contributed by atoms with Crippen molar-refractivity contribution in [3.63, 3.8) is 0 Å². The summed E-state index contributed by atoms with van der Waals surface area (Å²) in [5.74, 6) is 2.82. The zero-order valence-electron chi connectivity index (χ0n) is 6.79. The third-order valence-corrected chi connectivity index (χ3v) is 6.36. The molecule has 3 saturated heterocycles. The smallest absolute Gasteiger partial charge is 0.248 e. The van der Waals surface area contributed by atoms with Crippen LogP contribution in [0.1, 0.15) is 0 Å². The van der Waals surface area contributed by atoms with Crippen molar-refractivity contribution in [2.24, 2.45) is 0 Å². The third-order valence-electron chi connectivity index (χ3n) is 2.05. The predicted molar refractivity (Wildman–Crippen MR) is 57.7 cm³/mol. The van der Waals surface area contributed by atoms with Gasteiger partial charge in [0.05, 0.1) is 0 Å². The lowest BCUT2D eigenvalue weighted by Gasteiger charge is -2.34. The molecule has 0 spiro atoms. The van der Waals surface area contributed by atoms with E-state index in [4.69, 9.17) is 0 Å². The number of fused-ring (bicyclic) bond motifs is 6. The molecule has 0 aromatic heterocycles. The van der Waals surface area contributed by atoms with Crippen molar-refractivity contribution < 1.29 is 4.39 Å². The summed E-state index contributed by atoms with van der Waals surface area (Å²) in [4.78, 5) is 2.44. The van der Waals surface area contributed by atoms with Gasteiger partial charge in [-0.15, -0.1) is 0 Å². The molecule has 0 unspecified atom stereocenters. The first-order valence-electron chi connectivity index (χ1n) is 4.12. The van der Waals surface area contributed by atoms with Crippen LogP contribution in [0.15, 0.2) is 0 Å². The molecule has 0 saturated carbocycles. The summed E-state index contributed by atoms with van der Waals surface area (Å²) in [5.41, 5.74) is 0. The highest BCUT2D eigenvalue weighted by atomic mass is 32.3. The molecule has 0 amide bonds. The molecule has 0 aromatic carbocycles. The minimum atomic E-state index is -1.04. The van der Waals surface area contributed by atoms with Gasteiger partial charge in [0.1, 0.15) is 0 Å². The Balaban J connectivity index is 2.06. The molecular formula is C7H12FNS3. The van der Waals surface area contributed by atoms with Gasteiger partial charge >= 0.3 is 0 Å². The van der Waals surface area contributed by atoms with E-state index in [1.54, 1.807) is 0 Å². The van der Waals surface area contributed by atoms with Gasteiger partial charge in [0.15, 0.2) is 0 Å². The highest BCUT2D eigenvalue weighted by molar-refractivity contribution is 8.33. The molecule has 3 aliphatic heterocycles. The topological polar surface area (TPSA) is 3.24 Å². The number of nitrogens with zero attached hydrogens (tertiary/aromatic N) is 1. The second-order valence-corrected chi connectivity index (χ2v) is 7.42. The minimum absolute atomic E-state index is 0.941. The van der Waals surface area contributed by atoms with Gasteiger partial charge in [-0.2, -0.15) is 0 Å². The minimum Gasteiger partial charge on any atom is -0.301 e. The van der Waals surface area contributed by atoms with Crippen LogP contribution in [0, 0.1) is 0 Å². The van der Waals surface area contributed by atoms with Crippen LogP contribution in [0.5, 0.6) is 0 Å². The Kier molecular flexibility index (Phi) is 3.15. The molecule has 3 fully saturated rings. The Morgan fingerprint density at radius 3 is 1.75 bits per heavy atom. The predicted octanol–water partition coefficient (Wildman–Crippen LogP) is 2.10. The molecule has 0 atom stereocenters. The molecular weight excluding hydrogens is 213 g/mol. The summed E-state index contributed by atoms with van der Waals surface area (Å²) in [6.07, 6.45) is 0. The molecule has 0 N–H and O–H groups in total. The fourth-order valence-corrected chi connectivity index (χ4v) is 5.63. The summed E-state index contributed by atoms with van der Waals surface area (Å²) in [6.45, 7) is 3.20. The average Bonchev–Trinajstić information content (AvgIpc) is 1.93. The van der Waals surface area contributed by atoms with Gasteiger partial charge in [0, 0.05) is 36.9 Å². The van der Waals surface area contributed by atoms with Gasteiger partial charge in [0.25, 0.3) is 0 Å². The van der Waals surface area contributed by atoms with Gasteiger partial charge in [-0.05, 0) is 0 Å². The number of rotatable bonds is 0. The Morgan fingerprint density at radius 2 is 1.33 bits per heavy atom. The maximum absolute atomic E-state index is 13.9. The fraction of sp³-hybridized carbons (Fsp3) is 1.00. The van der Waals surface area contributed by atoms with Gasteiger partial charge in [0.2, 0.25) is 3.66 Å². The van der Waals surface area contributed by atoms with Crippen LogP contribution >= 0.6 is 35.3 Å². The number of alkyl halides is 1. The van der Waals surface area contributed by atoms with Crippen LogP contribution in [0.4, 0.5) is 4.39 Å². The molecule has 3 aliphatic rings. The molecule has 0 aromatic rings. The monoisotopic (exact) mass is 225 g/mol. The van der Waals surface area contributed by atoms with Crippen LogP contribution < -0.4 is 0 Å². The van der Waals surface area contributed by atoms with E-state index >= 15 is 0 Å². The normalized spacial score (nSPS) is 43.2. The first kappa shape index (κ1) is 9.49. The van der Waals surface area contributed by atoms with Crippen molar-refractivity contribution in [3.05, 3.63) is 0 Å². The molecule has 3 rings (SSSR count). The molecule has 5 heteroatoms. The number of halogens is 1. The Hall–Kier alpha value is 0.940. The molecule has 12 heavy (non-hydrogen) atoms. The van der Waals surface area contributed by atoms with Gasteiger partial charge in [-0.1, -0.05) is 35.3 Å². The zero-order valence-corrected chi connectivity index (χ0v) is 9.24. The molecule has 1 nitrogen and oxygen atoms in total. The Labute approximate surface area is 85.2 Å². The van der Waals surface area contributed by atoms with Crippen LogP contribution in [0.2, 0.25) is 0 Å². The van der Waals surface area contributed by atoms with E-state index in [2.05, 4.69) is 4.90 Å². The summed E-state index contributed by atoms with van der Waals surface area (Å²) >= 11 is 4.42. The van der Waals surface area contributed by atoms with Crippen LogP contribution in [-0.2, 0) is 0 Å². The Morgan fingerprint density at radius 1 is 0.917 bits per heavy atom. The molecule has 3 heterocycles. The van der Waals surface area contributed by atoms with Crippen molar-refractivity contribution >= 4 is 35.3 Å². The number of thioether (sulfide) groups is 3. The van der Waals surface area contributed by atoms with Crippen molar-refractivity contribution in [2.45, 2.75) is 3.66 Å². The molecule has 0 aliphatic carbocycles. The maximum atomic E-state index is 13.9. The van der Waals surface area contributed by atoms with Crippen LogP contribution in [0.25, 0.3) is 0 Å². The van der Waals surface area contributed by atoms with Gasteiger partial charge in [-0.3, -0.25) is 0 Å². The van der Waals surface area contributed by atoms with E-state index in [0.29, 0.717) is 0 Å². The van der Waals surface area contributed by atoms with Crippen molar-refractivity contribution in [3.8, 4) is 0 Å². The second-order valence-electron chi connectivity index (χ2n) is 2.87. The number of hydrogen-bond acceptors (Lipinski definition) is 4. The molecule has 0 radical (unpaired) electrons. The standard InChI is InChI=1S/C7H12FNS3/c8-7-10-4-1-9(2-5-11-7)3-6-12-7/h1-6H2. The average molecular weight is 225 g/mol. The first-order chi connectivity index (χ1) is 5.79. The van der Waals surface area contributed by atoms with Crippen LogP contribution in [-0.4, -0.2) is 45.5 Å². The summed E-state index contributed by atoms with van der Waals surface area (Å²) < 4.78 is 12.9. The molecule has 70 valence electrons. The maximum Gasteiger partial charge on any atom is 0.248 e. The zero-order chi connectivity index (χ0) is 8.44. The quantitative estimate of drug-likeness (QED) is 0.621. The first-order valence-corrected chi connectivity index (χ1v) is 7.07. The Bertz CT molecular complexity index is 140. The SMILES string of the molecule is FC12SCCN(CCS1)CCS2. The fourth-order valence-electron chi connectivity index (χ4n) is 1.35. The lowest BCUT2D eigenvalue weighted by atomic mass is 10.5. The van der Waals surface area contributed by atoms with Crippen molar-refractivity contribution in [2.75, 3.05) is 36.9 Å². The summed E-state index contributed by atoms with van der Waals surface area (Å²) in [6, 6.07) is 0. The van der Waals surface area contributed by atoms with Gasteiger partial charge < -0.3 is 4.90 Å². The van der Waals surface area contributed by atoms with Crippen molar-refractivity contribution in [1.29, 1.82) is 0 Å². The largest absolute Gasteiger partial charge is 0.301 e. The van der Waals surface area contributed by atoms with E-state index in [1.807, 2.05) is 0 Å². The van der Waals surface area contributed by atoms with E-state index in [1.165, 1.54) is 35.3 Å². The number of hydrogen-bond donors (Lipinski definition) is 0. The highest BCUT2D eigenvalue weighted by Gasteiger charge is 2.35. The van der Waals surface area contributed by atoms with E-state index in [0.717, 1.165) is 36.9 Å². The summed E-state index contributed by atoms with van der Waals surface area (Å²) in [7, 11) is 0. The van der Waals surface area contributed by atoms with E-state index in [-0.39, 0.29) is 0 Å². The van der Waals surface area contributed by atoms with Crippen molar-refractivity contribution in [1.82, 2.24) is 4.90 Å². The second kappa shape index (κ2) is 3.98. The van der Waals surface area contributed by atoms with Crippen LogP contribution in [0.3, 0.4) is 0 Å².